The molecular formula is C29H27N3O2S. The van der Waals surface area contributed by atoms with Crippen molar-refractivity contribution in [2.45, 2.75) is 19.8 Å². The fraction of sp³-hybridized carbons (Fsp3) is 0.138. The molecule has 0 saturated heterocycles. The Kier molecular flexibility index (Phi) is 7.85. The normalized spacial score (nSPS) is 10.5. The van der Waals surface area contributed by atoms with Gasteiger partial charge >= 0.3 is 0 Å². The van der Waals surface area contributed by atoms with Gasteiger partial charge in [0.25, 0.3) is 5.91 Å². The highest BCUT2D eigenvalue weighted by molar-refractivity contribution is 7.80. The Hall–Kier alpha value is -4.03. The van der Waals surface area contributed by atoms with Gasteiger partial charge in [-0.1, -0.05) is 66.7 Å². The van der Waals surface area contributed by atoms with E-state index in [0.29, 0.717) is 30.6 Å². The molecule has 0 fully saturated rings. The number of nitrogens with one attached hydrogen (secondary N) is 2. The lowest BCUT2D eigenvalue weighted by Crippen LogP contribution is -2.34. The van der Waals surface area contributed by atoms with E-state index >= 15 is 0 Å². The summed E-state index contributed by atoms with van der Waals surface area (Å²) in [5.41, 5.74) is 3.26. The first-order valence-electron chi connectivity index (χ1n) is 11.6. The molecular weight excluding hydrogens is 454 g/mol. The molecule has 0 aliphatic heterocycles. The minimum atomic E-state index is -0.146. The second kappa shape index (κ2) is 11.4. The van der Waals surface area contributed by atoms with Crippen molar-refractivity contribution in [1.29, 1.82) is 0 Å². The fourth-order valence-electron chi connectivity index (χ4n) is 3.97. The van der Waals surface area contributed by atoms with Crippen molar-refractivity contribution in [3.63, 3.8) is 0 Å². The van der Waals surface area contributed by atoms with Gasteiger partial charge < -0.3 is 15.5 Å². The van der Waals surface area contributed by atoms with Crippen LogP contribution < -0.4 is 15.5 Å². The Bertz CT molecular complexity index is 1330. The maximum absolute atomic E-state index is 13.3. The summed E-state index contributed by atoms with van der Waals surface area (Å²) in [7, 11) is 0. The molecule has 0 atom stereocenters. The van der Waals surface area contributed by atoms with E-state index in [-0.39, 0.29) is 16.9 Å². The monoisotopic (exact) mass is 481 g/mol. The molecule has 0 bridgehead atoms. The van der Waals surface area contributed by atoms with E-state index in [1.54, 1.807) is 29.2 Å². The van der Waals surface area contributed by atoms with Crippen molar-refractivity contribution in [3.8, 4) is 0 Å². The molecule has 0 saturated carbocycles. The standard InChI is InChI=1S/C29H27N3O2S/c1-2-32(26-14-8-12-22-11-6-7-13-25(22)26)28(34)23-16-18-24(19-17-23)30-29(35)31-27(33)20-15-21-9-4-3-5-10-21/h3-14,16-19H,2,15,20H2,1H3,(H2,30,31,33,35). The third-order valence-electron chi connectivity index (χ3n) is 5.75. The lowest BCUT2D eigenvalue weighted by molar-refractivity contribution is -0.119. The van der Waals surface area contributed by atoms with E-state index in [1.165, 1.54) is 0 Å². The summed E-state index contributed by atoms with van der Waals surface area (Å²) in [6.07, 6.45) is 0.997. The van der Waals surface area contributed by atoms with Crippen LogP contribution in [0.5, 0.6) is 0 Å². The van der Waals surface area contributed by atoms with E-state index in [2.05, 4.69) is 10.6 Å². The number of nitrogens with zero attached hydrogens (tertiary/aromatic N) is 1. The van der Waals surface area contributed by atoms with Crippen LogP contribution in [-0.2, 0) is 11.2 Å². The van der Waals surface area contributed by atoms with E-state index < -0.39 is 0 Å². The van der Waals surface area contributed by atoms with Crippen molar-refractivity contribution in [2.75, 3.05) is 16.8 Å². The first-order chi connectivity index (χ1) is 17.0. The predicted molar refractivity (Wildman–Crippen MR) is 147 cm³/mol. The lowest BCUT2D eigenvalue weighted by Gasteiger charge is -2.23. The van der Waals surface area contributed by atoms with Gasteiger partial charge in [0.1, 0.15) is 0 Å². The molecule has 0 heterocycles. The Morgan fingerprint density at radius 2 is 1.51 bits per heavy atom. The average Bonchev–Trinajstić information content (AvgIpc) is 2.89. The molecule has 0 spiro atoms. The van der Waals surface area contributed by atoms with Crippen LogP contribution in [0.3, 0.4) is 0 Å². The number of fused-ring (bicyclic) bond motifs is 1. The zero-order valence-corrected chi connectivity index (χ0v) is 20.3. The topological polar surface area (TPSA) is 61.4 Å². The lowest BCUT2D eigenvalue weighted by atomic mass is 10.1. The second-order valence-corrected chi connectivity index (χ2v) is 8.52. The van der Waals surface area contributed by atoms with Gasteiger partial charge in [-0.25, -0.2) is 0 Å². The van der Waals surface area contributed by atoms with Crippen LogP contribution in [-0.4, -0.2) is 23.5 Å². The van der Waals surface area contributed by atoms with Gasteiger partial charge in [0.2, 0.25) is 5.91 Å². The van der Waals surface area contributed by atoms with E-state index in [9.17, 15) is 9.59 Å². The third-order valence-corrected chi connectivity index (χ3v) is 5.95. The number of amides is 2. The zero-order chi connectivity index (χ0) is 24.6. The van der Waals surface area contributed by atoms with Crippen LogP contribution in [0.1, 0.15) is 29.3 Å². The van der Waals surface area contributed by atoms with Crippen LogP contribution >= 0.6 is 12.2 Å². The second-order valence-electron chi connectivity index (χ2n) is 8.11. The highest BCUT2D eigenvalue weighted by atomic mass is 32.1. The number of carbonyl (C=O) groups excluding carboxylic acids is 2. The summed E-state index contributed by atoms with van der Waals surface area (Å²) < 4.78 is 0. The van der Waals surface area contributed by atoms with Crippen LogP contribution in [0.4, 0.5) is 11.4 Å². The quantitative estimate of drug-likeness (QED) is 0.320. The third kappa shape index (κ3) is 6.11. The Morgan fingerprint density at radius 3 is 2.26 bits per heavy atom. The molecule has 0 aliphatic rings. The summed E-state index contributed by atoms with van der Waals surface area (Å²) >= 11 is 5.28. The van der Waals surface area contributed by atoms with E-state index in [0.717, 1.165) is 22.0 Å². The van der Waals surface area contributed by atoms with Crippen molar-refractivity contribution >= 4 is 51.3 Å². The SMILES string of the molecule is CCN(C(=O)c1ccc(NC(=S)NC(=O)CCc2ccccc2)cc1)c1cccc2ccccc12. The number of thiocarbonyl (C=S) groups is 1. The maximum atomic E-state index is 13.3. The summed E-state index contributed by atoms with van der Waals surface area (Å²) in [6.45, 7) is 2.51. The van der Waals surface area contributed by atoms with Crippen LogP contribution in [0.2, 0.25) is 0 Å². The van der Waals surface area contributed by atoms with Crippen molar-refractivity contribution < 1.29 is 9.59 Å². The van der Waals surface area contributed by atoms with Gasteiger partial charge in [-0.15, -0.1) is 0 Å². The Balaban J connectivity index is 1.37. The summed E-state index contributed by atoms with van der Waals surface area (Å²) in [5.74, 6) is -0.223. The van der Waals surface area contributed by atoms with E-state index in [1.807, 2.05) is 79.7 Å². The van der Waals surface area contributed by atoms with E-state index in [4.69, 9.17) is 12.2 Å². The van der Waals surface area contributed by atoms with Crippen molar-refractivity contribution in [2.24, 2.45) is 0 Å². The minimum absolute atomic E-state index is 0.0767. The van der Waals surface area contributed by atoms with Gasteiger partial charge in [-0.3, -0.25) is 9.59 Å². The molecule has 0 radical (unpaired) electrons. The predicted octanol–water partition coefficient (Wildman–Crippen LogP) is 5.95. The molecule has 6 heteroatoms. The molecule has 4 rings (SSSR count). The van der Waals surface area contributed by atoms with Crippen LogP contribution in [0, 0.1) is 0 Å². The maximum Gasteiger partial charge on any atom is 0.258 e. The van der Waals surface area contributed by atoms with Gasteiger partial charge in [0.15, 0.2) is 5.11 Å². The zero-order valence-electron chi connectivity index (χ0n) is 19.5. The summed E-state index contributed by atoms with van der Waals surface area (Å²) in [6, 6.07) is 31.0. The van der Waals surface area contributed by atoms with Crippen molar-refractivity contribution in [3.05, 3.63) is 108 Å². The van der Waals surface area contributed by atoms with Crippen LogP contribution in [0.15, 0.2) is 97.1 Å². The van der Waals surface area contributed by atoms with Gasteiger partial charge in [0, 0.05) is 29.6 Å². The van der Waals surface area contributed by atoms with Crippen LogP contribution in [0.25, 0.3) is 10.8 Å². The number of aryl methyl sites for hydroxylation is 1. The number of anilines is 2. The molecule has 2 amide bonds. The molecule has 4 aromatic rings. The minimum Gasteiger partial charge on any atom is -0.332 e. The Morgan fingerprint density at radius 1 is 0.829 bits per heavy atom. The largest absolute Gasteiger partial charge is 0.332 e. The van der Waals surface area contributed by atoms with Gasteiger partial charge in [0.05, 0.1) is 5.69 Å². The molecule has 0 aliphatic carbocycles. The number of benzene rings is 4. The number of hydrogen-bond acceptors (Lipinski definition) is 3. The number of hydrogen-bond donors (Lipinski definition) is 2. The molecule has 0 unspecified atom stereocenters. The first-order valence-corrected chi connectivity index (χ1v) is 12.0. The molecule has 5 nitrogen and oxygen atoms in total. The van der Waals surface area contributed by atoms with Gasteiger partial charge in [-0.2, -0.15) is 0 Å². The smallest absolute Gasteiger partial charge is 0.258 e. The molecule has 176 valence electrons. The average molecular weight is 482 g/mol. The molecule has 35 heavy (non-hydrogen) atoms. The van der Waals surface area contributed by atoms with Gasteiger partial charge in [-0.05, 0) is 66.8 Å². The Labute approximate surface area is 210 Å². The number of rotatable bonds is 7. The first kappa shape index (κ1) is 24.1. The van der Waals surface area contributed by atoms with Crippen molar-refractivity contribution in [1.82, 2.24) is 5.32 Å². The summed E-state index contributed by atoms with van der Waals surface area (Å²) in [4.78, 5) is 27.3. The number of carbonyl (C=O) groups is 2. The fourth-order valence-corrected chi connectivity index (χ4v) is 4.20. The molecule has 2 N–H and O–H groups in total. The highest BCUT2D eigenvalue weighted by Crippen LogP contribution is 2.28. The highest BCUT2D eigenvalue weighted by Gasteiger charge is 2.18. The summed E-state index contributed by atoms with van der Waals surface area (Å²) in [5, 5.41) is 8.08. The molecule has 4 aromatic carbocycles. The molecule has 0 aromatic heterocycles.